The Labute approximate surface area is 136 Å². The summed E-state index contributed by atoms with van der Waals surface area (Å²) in [5.74, 6) is 1.80. The number of carbonyl (C=O) groups is 1. The van der Waals surface area contributed by atoms with Crippen LogP contribution >= 0.6 is 0 Å². The van der Waals surface area contributed by atoms with Crippen LogP contribution in [0.15, 0.2) is 42.5 Å². The van der Waals surface area contributed by atoms with Gasteiger partial charge in [-0.2, -0.15) is 0 Å². The highest BCUT2D eigenvalue weighted by Crippen LogP contribution is 2.26. The number of rotatable bonds is 6. The number of allylic oxidation sites excluding steroid dienone is 1. The maximum Gasteiger partial charge on any atom is 0.189 e. The molecule has 0 spiro atoms. The molecule has 0 bridgehead atoms. The van der Waals surface area contributed by atoms with E-state index in [0.29, 0.717) is 22.8 Å². The van der Waals surface area contributed by atoms with E-state index in [9.17, 15) is 4.79 Å². The van der Waals surface area contributed by atoms with Crippen molar-refractivity contribution >= 4 is 11.9 Å². The zero-order chi connectivity index (χ0) is 16.8. The minimum atomic E-state index is -0.129. The van der Waals surface area contributed by atoms with Gasteiger partial charge in [-0.05, 0) is 49.4 Å². The molecule has 23 heavy (non-hydrogen) atoms. The molecule has 0 aliphatic rings. The fourth-order valence-corrected chi connectivity index (χ4v) is 2.24. The van der Waals surface area contributed by atoms with Crippen LogP contribution < -0.4 is 14.2 Å². The molecule has 0 N–H and O–H groups in total. The van der Waals surface area contributed by atoms with Gasteiger partial charge < -0.3 is 14.2 Å². The Morgan fingerprint density at radius 3 is 2.26 bits per heavy atom. The molecular formula is C19H20O4. The highest BCUT2D eigenvalue weighted by molar-refractivity contribution is 6.08. The smallest absolute Gasteiger partial charge is 0.189 e. The van der Waals surface area contributed by atoms with Crippen molar-refractivity contribution in [3.63, 3.8) is 0 Å². The highest BCUT2D eigenvalue weighted by atomic mass is 16.5. The molecule has 2 aromatic carbocycles. The van der Waals surface area contributed by atoms with E-state index in [1.807, 2.05) is 31.2 Å². The van der Waals surface area contributed by atoms with E-state index in [4.69, 9.17) is 14.2 Å². The maximum atomic E-state index is 12.5. The predicted molar refractivity (Wildman–Crippen MR) is 90.6 cm³/mol. The average Bonchev–Trinajstić information content (AvgIpc) is 2.59. The van der Waals surface area contributed by atoms with Gasteiger partial charge >= 0.3 is 0 Å². The minimum absolute atomic E-state index is 0.129. The first-order valence-electron chi connectivity index (χ1n) is 7.18. The molecule has 4 heteroatoms. The third kappa shape index (κ3) is 3.92. The number of aryl methyl sites for hydroxylation is 1. The summed E-state index contributed by atoms with van der Waals surface area (Å²) in [6, 6.07) is 10.9. The SMILES string of the molecule is COc1ccc(OC)c(/C=C/C(=O)c2cc(C)ccc2OC)c1. The fourth-order valence-electron chi connectivity index (χ4n) is 2.24. The normalized spacial score (nSPS) is 10.6. The third-order valence-electron chi connectivity index (χ3n) is 3.47. The summed E-state index contributed by atoms with van der Waals surface area (Å²) in [5, 5.41) is 0. The average molecular weight is 312 g/mol. The lowest BCUT2D eigenvalue weighted by Gasteiger charge is -2.08. The summed E-state index contributed by atoms with van der Waals surface area (Å²) in [5.41, 5.74) is 2.30. The van der Waals surface area contributed by atoms with E-state index < -0.39 is 0 Å². The van der Waals surface area contributed by atoms with E-state index in [0.717, 1.165) is 11.1 Å². The lowest BCUT2D eigenvalue weighted by atomic mass is 10.0. The topological polar surface area (TPSA) is 44.8 Å². The van der Waals surface area contributed by atoms with E-state index in [-0.39, 0.29) is 5.78 Å². The van der Waals surface area contributed by atoms with E-state index >= 15 is 0 Å². The number of hydrogen-bond donors (Lipinski definition) is 0. The first-order valence-corrected chi connectivity index (χ1v) is 7.18. The molecule has 0 radical (unpaired) electrons. The molecule has 120 valence electrons. The van der Waals surface area contributed by atoms with Crippen molar-refractivity contribution < 1.29 is 19.0 Å². The van der Waals surface area contributed by atoms with Crippen molar-refractivity contribution in [1.29, 1.82) is 0 Å². The number of benzene rings is 2. The van der Waals surface area contributed by atoms with Crippen LogP contribution in [0.25, 0.3) is 6.08 Å². The zero-order valence-corrected chi connectivity index (χ0v) is 13.8. The van der Waals surface area contributed by atoms with Crippen LogP contribution in [0.2, 0.25) is 0 Å². The second-order valence-corrected chi connectivity index (χ2v) is 5.01. The zero-order valence-electron chi connectivity index (χ0n) is 13.8. The largest absolute Gasteiger partial charge is 0.497 e. The van der Waals surface area contributed by atoms with Crippen molar-refractivity contribution in [3.05, 3.63) is 59.2 Å². The van der Waals surface area contributed by atoms with Crippen LogP contribution in [0.4, 0.5) is 0 Å². The number of ketones is 1. The first kappa shape index (κ1) is 16.6. The quantitative estimate of drug-likeness (QED) is 0.599. The van der Waals surface area contributed by atoms with Crippen molar-refractivity contribution in [3.8, 4) is 17.2 Å². The molecule has 0 aliphatic heterocycles. The van der Waals surface area contributed by atoms with E-state index in [2.05, 4.69) is 0 Å². The molecule has 0 saturated heterocycles. The highest BCUT2D eigenvalue weighted by Gasteiger charge is 2.10. The lowest BCUT2D eigenvalue weighted by Crippen LogP contribution is -1.99. The summed E-state index contributed by atoms with van der Waals surface area (Å²) < 4.78 is 15.8. The van der Waals surface area contributed by atoms with Crippen LogP contribution in [0.5, 0.6) is 17.2 Å². The second-order valence-electron chi connectivity index (χ2n) is 5.01. The van der Waals surface area contributed by atoms with Gasteiger partial charge in [0.2, 0.25) is 0 Å². The summed E-state index contributed by atoms with van der Waals surface area (Å²) in [4.78, 5) is 12.5. The van der Waals surface area contributed by atoms with Crippen molar-refractivity contribution in [2.24, 2.45) is 0 Å². The van der Waals surface area contributed by atoms with E-state index in [1.54, 1.807) is 39.5 Å². The molecule has 4 nitrogen and oxygen atoms in total. The number of ether oxygens (including phenoxy) is 3. The molecule has 0 atom stereocenters. The Hall–Kier alpha value is -2.75. The Morgan fingerprint density at radius 1 is 0.913 bits per heavy atom. The van der Waals surface area contributed by atoms with Gasteiger partial charge in [-0.25, -0.2) is 0 Å². The fraction of sp³-hybridized carbons (Fsp3) is 0.211. The monoisotopic (exact) mass is 312 g/mol. The van der Waals surface area contributed by atoms with Gasteiger partial charge in [0, 0.05) is 5.56 Å². The van der Waals surface area contributed by atoms with Gasteiger partial charge in [-0.15, -0.1) is 0 Å². The summed E-state index contributed by atoms with van der Waals surface area (Å²) >= 11 is 0. The first-order chi connectivity index (χ1) is 11.1. The Kier molecular flexibility index (Phi) is 5.41. The van der Waals surface area contributed by atoms with E-state index in [1.165, 1.54) is 6.08 Å². The molecule has 2 aromatic rings. The van der Waals surface area contributed by atoms with Crippen LogP contribution in [0, 0.1) is 6.92 Å². The van der Waals surface area contributed by atoms with Crippen molar-refractivity contribution in [1.82, 2.24) is 0 Å². The van der Waals surface area contributed by atoms with Gasteiger partial charge in [-0.3, -0.25) is 4.79 Å². The van der Waals surface area contributed by atoms with Crippen LogP contribution in [0.1, 0.15) is 21.5 Å². The molecule has 0 aromatic heterocycles. The summed E-state index contributed by atoms with van der Waals surface area (Å²) in [6.07, 6.45) is 3.22. The standard InChI is InChI=1S/C19H20O4/c1-13-5-9-19(23-4)16(11-13)17(20)8-6-14-12-15(21-2)7-10-18(14)22-3/h5-12H,1-4H3/b8-6+. The lowest BCUT2D eigenvalue weighted by molar-refractivity contribution is 0.104. The molecule has 0 saturated carbocycles. The van der Waals surface area contributed by atoms with Gasteiger partial charge in [0.1, 0.15) is 17.2 Å². The Bertz CT molecular complexity index is 732. The molecule has 0 fully saturated rings. The number of methoxy groups -OCH3 is 3. The second kappa shape index (κ2) is 7.49. The summed E-state index contributed by atoms with van der Waals surface area (Å²) in [6.45, 7) is 1.94. The molecule has 0 amide bonds. The Balaban J connectivity index is 2.33. The number of carbonyl (C=O) groups excluding carboxylic acids is 1. The molecule has 2 rings (SSSR count). The van der Waals surface area contributed by atoms with Gasteiger partial charge in [0.25, 0.3) is 0 Å². The van der Waals surface area contributed by atoms with Crippen LogP contribution in [-0.4, -0.2) is 27.1 Å². The summed E-state index contributed by atoms with van der Waals surface area (Å²) in [7, 11) is 4.73. The minimum Gasteiger partial charge on any atom is -0.497 e. The molecule has 0 heterocycles. The molecule has 0 unspecified atom stereocenters. The molecule has 0 aliphatic carbocycles. The van der Waals surface area contributed by atoms with Crippen molar-refractivity contribution in [2.45, 2.75) is 6.92 Å². The van der Waals surface area contributed by atoms with Crippen LogP contribution in [0.3, 0.4) is 0 Å². The van der Waals surface area contributed by atoms with Gasteiger partial charge in [-0.1, -0.05) is 11.6 Å². The van der Waals surface area contributed by atoms with Gasteiger partial charge in [0.15, 0.2) is 5.78 Å². The predicted octanol–water partition coefficient (Wildman–Crippen LogP) is 3.92. The Morgan fingerprint density at radius 2 is 1.61 bits per heavy atom. The van der Waals surface area contributed by atoms with Crippen molar-refractivity contribution in [2.75, 3.05) is 21.3 Å². The van der Waals surface area contributed by atoms with Crippen LogP contribution in [-0.2, 0) is 0 Å². The third-order valence-corrected chi connectivity index (χ3v) is 3.47. The molecular weight excluding hydrogens is 292 g/mol. The van der Waals surface area contributed by atoms with Gasteiger partial charge in [0.05, 0.1) is 26.9 Å². The maximum absolute atomic E-state index is 12.5. The number of hydrogen-bond acceptors (Lipinski definition) is 4.